The number of aromatic nitrogens is 1. The lowest BCUT2D eigenvalue weighted by Gasteiger charge is -2.49. The molecular formula is C31H32IN5O7P4S2. The molecule has 3 atom stereocenters. The number of benzene rings is 1. The average molecular weight is 902 g/mol. The molecule has 3 heterocycles. The third-order valence-electron chi connectivity index (χ3n) is 7.65. The van der Waals surface area contributed by atoms with Crippen LogP contribution in [0.1, 0.15) is 39.6 Å². The van der Waals surface area contributed by atoms with Gasteiger partial charge in [0.2, 0.25) is 6.10 Å². The van der Waals surface area contributed by atoms with Gasteiger partial charge in [0.15, 0.2) is 10.8 Å². The molecule has 2 amide bonds. The number of anilines is 1. The highest BCUT2D eigenvalue weighted by Crippen LogP contribution is 2.41. The van der Waals surface area contributed by atoms with E-state index in [4.69, 9.17) is 14.3 Å². The Kier molecular flexibility index (Phi) is 14.5. The van der Waals surface area contributed by atoms with Crippen molar-refractivity contribution in [1.29, 1.82) is 0 Å². The van der Waals surface area contributed by atoms with Gasteiger partial charge in [-0.05, 0) is 52.1 Å². The van der Waals surface area contributed by atoms with Gasteiger partial charge in [-0.25, -0.2) is 14.6 Å². The molecule has 262 valence electrons. The highest BCUT2D eigenvalue weighted by atomic mass is 127. The number of methoxy groups -OCH3 is 2. The van der Waals surface area contributed by atoms with E-state index in [1.807, 2.05) is 13.0 Å². The number of hydrogen-bond donors (Lipinski definition) is 2. The highest BCUT2D eigenvalue weighted by Gasteiger charge is 2.54. The number of β-lactam (4-membered cyclic amide) rings is 1. The minimum atomic E-state index is -1.43. The van der Waals surface area contributed by atoms with Crippen LogP contribution in [0.3, 0.4) is 0 Å². The van der Waals surface area contributed by atoms with E-state index in [9.17, 15) is 19.2 Å². The molecule has 1 aromatic heterocycles. The summed E-state index contributed by atoms with van der Waals surface area (Å²) in [4.78, 5) is 65.3. The van der Waals surface area contributed by atoms with Crippen molar-refractivity contribution < 1.29 is 33.5 Å². The van der Waals surface area contributed by atoms with Crippen LogP contribution in [-0.4, -0.2) is 106 Å². The van der Waals surface area contributed by atoms with Crippen LogP contribution in [-0.2, 0) is 33.5 Å². The van der Waals surface area contributed by atoms with Crippen molar-refractivity contribution in [3.63, 3.8) is 0 Å². The molecule has 2 aliphatic rings. The first kappa shape index (κ1) is 40.0. The number of halogens is 1. The molecule has 0 spiro atoms. The number of amides is 2. The average Bonchev–Trinajstić information content (AvgIpc) is 3.62. The van der Waals surface area contributed by atoms with Gasteiger partial charge < -0.3 is 24.9 Å². The third-order valence-corrected chi connectivity index (χ3v) is 12.1. The number of ether oxygens (including phenoxy) is 2. The van der Waals surface area contributed by atoms with E-state index in [0.29, 0.717) is 51.3 Å². The SMILES string of the molecule is C=Pc1c(C)c(C(O/N=C(\C(=O)NC2C(=O)N3C(C(=O)OC)=C(C=CCI)CSC23)c2csc(NC)n2)C(=O)OC)c(C=P)c(C=P)c1C=P. The fraction of sp³-hybridized carbons (Fsp3) is 0.290. The lowest BCUT2D eigenvalue weighted by molar-refractivity contribution is -0.154. The summed E-state index contributed by atoms with van der Waals surface area (Å²) >= 11 is 4.80. The number of fused-ring (bicyclic) bond motifs is 1. The highest BCUT2D eigenvalue weighted by molar-refractivity contribution is 14.1. The normalized spacial score (nSPS) is 17.8. The molecule has 2 aliphatic heterocycles. The van der Waals surface area contributed by atoms with E-state index in [0.717, 1.165) is 10.9 Å². The van der Waals surface area contributed by atoms with Crippen LogP contribution in [0.2, 0.25) is 0 Å². The standard InChI is InChI=1S/C31H32IN5O7P4S2/c1-14-20(17(10-46)16(9-45)18(11-47)25(14)48-5)24(30(41)43-4)44-36-21(19-13-50-31(33-2)34-19)26(38)35-22-27(39)37-23(29(40)42-3)15(7-6-8-32)12-49-28(22)37/h6-7,9-11,13,22,24,28,45-47H,5,8,12H2,1-4H3,(H,33,34)(H,35,38)/b7-6?,36-21-. The fourth-order valence-electron chi connectivity index (χ4n) is 5.33. The van der Waals surface area contributed by atoms with Gasteiger partial charge >= 0.3 is 11.9 Å². The Morgan fingerprint density at radius 1 is 1.20 bits per heavy atom. The Labute approximate surface area is 319 Å². The summed E-state index contributed by atoms with van der Waals surface area (Å²) in [6.45, 7) is 1.82. The van der Waals surface area contributed by atoms with Gasteiger partial charge in [-0.2, -0.15) is 0 Å². The second kappa shape index (κ2) is 18.1. The molecule has 50 heavy (non-hydrogen) atoms. The zero-order valence-electron chi connectivity index (χ0n) is 27.2. The molecule has 3 unspecified atom stereocenters. The Balaban J connectivity index is 1.76. The van der Waals surface area contributed by atoms with Crippen LogP contribution >= 0.6 is 80.5 Å². The predicted octanol–water partition coefficient (Wildman–Crippen LogP) is 3.83. The molecule has 0 radical (unpaired) electrons. The van der Waals surface area contributed by atoms with Crippen LogP contribution in [0.4, 0.5) is 5.13 Å². The van der Waals surface area contributed by atoms with Gasteiger partial charge in [0.05, 0.1) is 14.2 Å². The second-order valence-corrected chi connectivity index (χ2v) is 14.7. The van der Waals surface area contributed by atoms with Gasteiger partial charge in [0, 0.05) is 33.5 Å². The van der Waals surface area contributed by atoms with Crippen molar-refractivity contribution in [2.75, 3.05) is 36.8 Å². The number of thioether (sulfide) groups is 1. The number of rotatable bonds is 15. The number of thiazole rings is 1. The van der Waals surface area contributed by atoms with E-state index in [1.165, 1.54) is 42.2 Å². The summed E-state index contributed by atoms with van der Waals surface area (Å²) in [5.41, 5.74) is 3.89. The number of hydrogen-bond acceptors (Lipinski definition) is 12. The first-order chi connectivity index (χ1) is 24.1. The molecule has 1 fully saturated rings. The molecule has 1 aromatic carbocycles. The Morgan fingerprint density at radius 3 is 2.46 bits per heavy atom. The van der Waals surface area contributed by atoms with E-state index in [1.54, 1.807) is 35.9 Å². The van der Waals surface area contributed by atoms with E-state index in [-0.39, 0.29) is 17.1 Å². The van der Waals surface area contributed by atoms with Gasteiger partial charge in [-0.3, -0.25) is 14.5 Å². The van der Waals surface area contributed by atoms with Gasteiger partial charge in [-0.15, -0.1) is 49.7 Å². The van der Waals surface area contributed by atoms with Crippen LogP contribution in [0.5, 0.6) is 0 Å². The maximum absolute atomic E-state index is 14.0. The topological polar surface area (TPSA) is 149 Å². The van der Waals surface area contributed by atoms with Crippen molar-refractivity contribution in [1.82, 2.24) is 15.2 Å². The van der Waals surface area contributed by atoms with Crippen molar-refractivity contribution in [3.05, 3.63) is 62.3 Å². The molecule has 12 nitrogen and oxygen atoms in total. The zero-order chi connectivity index (χ0) is 36.7. The number of nitrogens with zero attached hydrogens (tertiary/aromatic N) is 3. The smallest absolute Gasteiger partial charge is 0.355 e. The summed E-state index contributed by atoms with van der Waals surface area (Å²) in [6, 6.07) is -0.994. The Bertz CT molecular complexity index is 1880. The van der Waals surface area contributed by atoms with Crippen molar-refractivity contribution >= 4 is 144 Å². The summed E-state index contributed by atoms with van der Waals surface area (Å²) in [5, 5.41) is 12.2. The van der Waals surface area contributed by atoms with Crippen molar-refractivity contribution in [2.24, 2.45) is 5.16 Å². The molecule has 1 saturated heterocycles. The minimum absolute atomic E-state index is 0.139. The van der Waals surface area contributed by atoms with E-state index < -0.39 is 41.3 Å². The molecular weight excluding hydrogens is 869 g/mol. The number of alkyl halides is 1. The lowest BCUT2D eigenvalue weighted by Crippen LogP contribution is -2.71. The van der Waals surface area contributed by atoms with E-state index in [2.05, 4.69) is 76.3 Å². The lowest BCUT2D eigenvalue weighted by atomic mass is 9.90. The van der Waals surface area contributed by atoms with Crippen molar-refractivity contribution in [2.45, 2.75) is 24.4 Å². The number of carbonyl (C=O) groups excluding carboxylic acids is 4. The summed E-state index contributed by atoms with van der Waals surface area (Å²) in [5.74, 6) is 2.82. The molecule has 2 N–H and O–H groups in total. The third kappa shape index (κ3) is 7.84. The van der Waals surface area contributed by atoms with E-state index >= 15 is 0 Å². The first-order valence-electron chi connectivity index (χ1n) is 14.5. The van der Waals surface area contributed by atoms with Crippen molar-refractivity contribution in [3.8, 4) is 0 Å². The molecule has 2 aromatic rings. The van der Waals surface area contributed by atoms with Crippen LogP contribution in [0.15, 0.2) is 34.0 Å². The first-order valence-corrected chi connectivity index (χ1v) is 20.8. The largest absolute Gasteiger partial charge is 0.466 e. The number of carbonyl (C=O) groups is 4. The molecule has 0 saturated carbocycles. The van der Waals surface area contributed by atoms with Crippen LogP contribution in [0.25, 0.3) is 0 Å². The maximum atomic E-state index is 14.0. The molecule has 0 aliphatic carbocycles. The Morgan fingerprint density at radius 2 is 1.90 bits per heavy atom. The molecule has 19 heteroatoms. The van der Waals surface area contributed by atoms with Crippen LogP contribution in [0, 0.1) is 6.92 Å². The maximum Gasteiger partial charge on any atom is 0.355 e. The predicted molar refractivity (Wildman–Crippen MR) is 221 cm³/mol. The second-order valence-electron chi connectivity index (χ2n) is 10.2. The zero-order valence-corrected chi connectivity index (χ0v) is 34.8. The summed E-state index contributed by atoms with van der Waals surface area (Å²) < 4.78 is 10.8. The quantitative estimate of drug-likeness (QED) is 0.0515. The van der Waals surface area contributed by atoms with Crippen LogP contribution < -0.4 is 15.9 Å². The monoisotopic (exact) mass is 901 g/mol. The molecule has 4 rings (SSSR count). The van der Waals surface area contributed by atoms with Gasteiger partial charge in [0.25, 0.3) is 11.8 Å². The number of nitrogens with one attached hydrogen (secondary N) is 2. The Hall–Kier alpha value is -2.76. The summed E-state index contributed by atoms with van der Waals surface area (Å²) in [7, 11) is 15.3. The molecule has 0 bridgehead atoms. The fourth-order valence-corrected chi connectivity index (χ4v) is 9.31. The number of oxime groups is 1. The summed E-state index contributed by atoms with van der Waals surface area (Å²) in [6.07, 6.45) is 6.29. The number of allylic oxidation sites excluding steroid dienone is 2. The minimum Gasteiger partial charge on any atom is -0.466 e. The van der Waals surface area contributed by atoms with Gasteiger partial charge in [0.1, 0.15) is 22.8 Å². The van der Waals surface area contributed by atoms with Gasteiger partial charge in [-0.1, -0.05) is 54.4 Å². The number of esters is 2.